The topological polar surface area (TPSA) is 82.6 Å². The first-order valence-electron chi connectivity index (χ1n) is 18.7. The van der Waals surface area contributed by atoms with Gasteiger partial charge in [-0.1, -0.05) is 53.6 Å². The second-order valence-corrected chi connectivity index (χ2v) is 14.3. The molecule has 0 unspecified atom stereocenters. The highest BCUT2D eigenvalue weighted by molar-refractivity contribution is 7.20. The van der Waals surface area contributed by atoms with Crippen molar-refractivity contribution >= 4 is 39.5 Å². The smallest absolute Gasteiger partial charge is 0.227 e. The summed E-state index contributed by atoms with van der Waals surface area (Å²) in [5, 5.41) is 3.61. The van der Waals surface area contributed by atoms with Crippen LogP contribution in [0.3, 0.4) is 0 Å². The Bertz CT molecular complexity index is 2940. The molecule has 0 N–H and O–H groups in total. The molecule has 0 aliphatic heterocycles. The SMILES string of the molecule is Fc1c(F)c(F)c([B-](c2c(F)c(F)c(F)c(F)c2F)(c2c(F)c(F)c(F)c(F)c2F)c2c(F)c(F)c(F)c(F)c2F)c(F)c1F.[N-]=[N+]=Nc1cccc(Cc2c[n+](CC(=O)c3ccccc3)ccn2)c1. The van der Waals surface area contributed by atoms with Gasteiger partial charge in [0.1, 0.15) is 58.4 Å². The van der Waals surface area contributed by atoms with Gasteiger partial charge in [0.2, 0.25) is 12.3 Å². The molecule has 0 fully saturated rings. The molecule has 0 saturated carbocycles. The van der Waals surface area contributed by atoms with E-state index in [4.69, 9.17) is 5.53 Å². The zero-order chi connectivity index (χ0) is 51.8. The molecule has 6 nitrogen and oxygen atoms in total. The Morgan fingerprint density at radius 2 is 0.857 bits per heavy atom. The number of nitrogens with zero attached hydrogens (tertiary/aromatic N) is 5. The second kappa shape index (κ2) is 19.9. The number of carbonyl (C=O) groups excluding carboxylic acids is 1. The molecule has 0 saturated heterocycles. The highest BCUT2D eigenvalue weighted by Crippen LogP contribution is 2.31. The lowest BCUT2D eigenvalue weighted by Gasteiger charge is -2.44. The van der Waals surface area contributed by atoms with Crippen molar-refractivity contribution in [1.29, 1.82) is 0 Å². The van der Waals surface area contributed by atoms with Crippen LogP contribution in [0, 0.1) is 116 Å². The summed E-state index contributed by atoms with van der Waals surface area (Å²) in [6, 6.07) is 16.6. The molecule has 7 aromatic rings. The van der Waals surface area contributed by atoms with Gasteiger partial charge in [0.15, 0.2) is 82.2 Å². The third-order valence-corrected chi connectivity index (χ3v) is 10.4. The number of Topliss-reactive ketones (excluding diaryl/α,β-unsaturated/α-hetero) is 1. The van der Waals surface area contributed by atoms with Gasteiger partial charge >= 0.3 is 0 Å². The number of azide groups is 1. The number of hydrogen-bond donors (Lipinski definition) is 0. The van der Waals surface area contributed by atoms with Crippen LogP contribution in [0.25, 0.3) is 10.4 Å². The fourth-order valence-electron chi connectivity index (χ4n) is 7.42. The van der Waals surface area contributed by atoms with Gasteiger partial charge in [-0.05, 0) is 17.2 Å². The van der Waals surface area contributed by atoms with E-state index in [-0.39, 0.29) is 12.3 Å². The number of benzene rings is 6. The van der Waals surface area contributed by atoms with Crippen molar-refractivity contribution in [3.05, 3.63) is 217 Å². The quantitative estimate of drug-likeness (QED) is 0.0158. The Morgan fingerprint density at radius 3 is 1.21 bits per heavy atom. The van der Waals surface area contributed by atoms with E-state index in [0.29, 0.717) is 17.7 Å². The molecule has 70 heavy (non-hydrogen) atoms. The summed E-state index contributed by atoms with van der Waals surface area (Å²) < 4.78 is 296. The predicted octanol–water partition coefficient (Wildman–Crippen LogP) is 9.63. The van der Waals surface area contributed by atoms with Crippen LogP contribution in [-0.4, -0.2) is 16.9 Å². The van der Waals surface area contributed by atoms with Crippen molar-refractivity contribution in [2.75, 3.05) is 0 Å². The van der Waals surface area contributed by atoms with Crippen molar-refractivity contribution in [1.82, 2.24) is 4.98 Å². The first kappa shape index (κ1) is 51.4. The molecule has 0 aliphatic rings. The summed E-state index contributed by atoms with van der Waals surface area (Å²) in [5.74, 6) is -71.4. The van der Waals surface area contributed by atoms with Crippen LogP contribution >= 0.6 is 0 Å². The van der Waals surface area contributed by atoms with Gasteiger partial charge in [-0.15, -0.1) is 21.9 Å². The molecule has 6 aromatic carbocycles. The molecular formula is C43H16BF20N5O. The van der Waals surface area contributed by atoms with E-state index in [1.807, 2.05) is 59.3 Å². The molecule has 7 rings (SSSR count). The molecule has 0 spiro atoms. The maximum atomic E-state index is 15.4. The van der Waals surface area contributed by atoms with Gasteiger partial charge in [-0.3, -0.25) is 4.79 Å². The van der Waals surface area contributed by atoms with Crippen LogP contribution < -0.4 is 26.4 Å². The maximum absolute atomic E-state index is 15.4. The third kappa shape index (κ3) is 8.71. The van der Waals surface area contributed by atoms with E-state index in [9.17, 15) is 57.5 Å². The van der Waals surface area contributed by atoms with Gasteiger partial charge in [-0.2, -0.15) is 4.57 Å². The van der Waals surface area contributed by atoms with Gasteiger partial charge in [0.25, 0.3) is 0 Å². The Hall–Kier alpha value is -7.96. The minimum absolute atomic E-state index is 0.0492. The first-order valence-corrected chi connectivity index (χ1v) is 18.7. The van der Waals surface area contributed by atoms with E-state index in [1.54, 1.807) is 18.5 Å². The van der Waals surface area contributed by atoms with Crippen LogP contribution in [0.4, 0.5) is 93.5 Å². The normalized spacial score (nSPS) is 11.3. The summed E-state index contributed by atoms with van der Waals surface area (Å²) in [4.78, 5) is 19.5. The summed E-state index contributed by atoms with van der Waals surface area (Å²) in [6.07, 6.45) is -1.30. The minimum atomic E-state index is -7.22. The largest absolute Gasteiger partial charge is 0.287 e. The monoisotopic (exact) mass is 1010 g/mol. The van der Waals surface area contributed by atoms with Gasteiger partial charge in [0, 0.05) is 22.6 Å². The Kier molecular flexibility index (Phi) is 14.7. The highest BCUT2D eigenvalue weighted by Gasteiger charge is 2.52. The van der Waals surface area contributed by atoms with Crippen LogP contribution in [-0.2, 0) is 13.0 Å². The molecule has 0 amide bonds. The number of carbonyl (C=O) groups is 1. The fourth-order valence-corrected chi connectivity index (χ4v) is 7.42. The van der Waals surface area contributed by atoms with Crippen molar-refractivity contribution < 1.29 is 97.2 Å². The lowest BCUT2D eigenvalue weighted by atomic mass is 9.12. The second-order valence-electron chi connectivity index (χ2n) is 14.3. The summed E-state index contributed by atoms with van der Waals surface area (Å²) >= 11 is 0. The average Bonchev–Trinajstić information content (AvgIpc) is 3.34. The molecule has 0 aliphatic carbocycles. The molecular weight excluding hydrogens is 993 g/mol. The zero-order valence-electron chi connectivity index (χ0n) is 33.6. The number of ketones is 1. The summed E-state index contributed by atoms with van der Waals surface area (Å²) in [7, 11) is 0. The minimum Gasteiger partial charge on any atom is -0.287 e. The molecule has 1 heterocycles. The third-order valence-electron chi connectivity index (χ3n) is 10.4. The predicted molar refractivity (Wildman–Crippen MR) is 202 cm³/mol. The van der Waals surface area contributed by atoms with E-state index >= 15 is 35.1 Å². The number of rotatable bonds is 10. The van der Waals surface area contributed by atoms with Crippen LogP contribution in [0.5, 0.6) is 0 Å². The van der Waals surface area contributed by atoms with E-state index < -0.39 is 144 Å². The summed E-state index contributed by atoms with van der Waals surface area (Å²) in [6.45, 7) is 0.262. The summed E-state index contributed by atoms with van der Waals surface area (Å²) in [5.41, 5.74) is -2.72. The van der Waals surface area contributed by atoms with E-state index in [0.717, 1.165) is 11.3 Å². The van der Waals surface area contributed by atoms with Gasteiger partial charge in [-0.25, -0.2) is 92.8 Å². The standard InChI is InChI=1S/C24BF20.C19H16N5O/c26-5-1(6(27)14(35)21(42)13(5)34)25(2-7(28)15(36)22(43)16(37)8(2)29,3-9(30)17(38)23(44)18(39)10(3)31)4-11(32)19(40)24(45)20(41)12(4)33;20-23-22-17-8-4-5-15(11-17)12-18-13-24(10-9-21-18)14-19(25)16-6-2-1-3-7-16/h;1-11,13H,12,14H2/q-1;+1. The zero-order valence-corrected chi connectivity index (χ0v) is 33.6. The lowest BCUT2D eigenvalue weighted by Crippen LogP contribution is -2.81. The van der Waals surface area contributed by atoms with Crippen molar-refractivity contribution in [2.45, 2.75) is 13.0 Å². The number of hydrogen-bond acceptors (Lipinski definition) is 3. The van der Waals surface area contributed by atoms with Gasteiger partial charge in [0.05, 0.1) is 6.20 Å². The fraction of sp³-hybridized carbons (Fsp3) is 0.0465. The average molecular weight is 1010 g/mol. The molecule has 362 valence electrons. The lowest BCUT2D eigenvalue weighted by molar-refractivity contribution is -0.684. The molecule has 1 aromatic heterocycles. The van der Waals surface area contributed by atoms with E-state index in [2.05, 4.69) is 15.0 Å². The van der Waals surface area contributed by atoms with Crippen molar-refractivity contribution in [3.8, 4) is 0 Å². The first-order chi connectivity index (χ1) is 32.9. The number of halogens is 20. The van der Waals surface area contributed by atoms with Gasteiger partial charge < -0.3 is 0 Å². The van der Waals surface area contributed by atoms with Crippen LogP contribution in [0.15, 0.2) is 78.3 Å². The van der Waals surface area contributed by atoms with E-state index in [1.165, 1.54) is 0 Å². The number of aromatic nitrogens is 2. The van der Waals surface area contributed by atoms with Crippen LogP contribution in [0.2, 0.25) is 0 Å². The van der Waals surface area contributed by atoms with Crippen molar-refractivity contribution in [2.24, 2.45) is 5.11 Å². The Labute approximate surface area is 376 Å². The molecule has 0 radical (unpaired) electrons. The Balaban J connectivity index is 0.000000270. The molecule has 0 atom stereocenters. The Morgan fingerprint density at radius 1 is 0.500 bits per heavy atom. The molecule has 27 heteroatoms. The van der Waals surface area contributed by atoms with Crippen molar-refractivity contribution in [3.63, 3.8) is 0 Å². The highest BCUT2D eigenvalue weighted by atomic mass is 19.2. The van der Waals surface area contributed by atoms with Crippen LogP contribution in [0.1, 0.15) is 21.6 Å². The maximum Gasteiger partial charge on any atom is 0.227 e. The molecule has 0 bridgehead atoms.